The van der Waals surface area contributed by atoms with Gasteiger partial charge in [-0.05, 0) is 46.3 Å². The third kappa shape index (κ3) is 6.90. The molecule has 0 fully saturated rings. The first-order valence-electron chi connectivity index (χ1n) is 11.8. The lowest BCUT2D eigenvalue weighted by molar-refractivity contribution is 0.443. The average Bonchev–Trinajstić information content (AvgIpc) is 2.30. The first-order chi connectivity index (χ1) is 12.1. The summed E-state index contributed by atoms with van der Waals surface area (Å²) in [4.78, 5) is 0. The maximum atomic E-state index is 7.39. The molecule has 0 amide bonds. The molecule has 5 heteroatoms. The molecule has 0 spiro atoms. The number of hydrogen-bond donors (Lipinski definition) is 0. The molecular weight excluding hydrogens is 417 g/mol. The van der Waals surface area contributed by atoms with E-state index in [1.807, 2.05) is 0 Å². The van der Waals surface area contributed by atoms with E-state index in [1.165, 1.54) is 12.1 Å². The lowest BCUT2D eigenvalue weighted by Gasteiger charge is -2.54. The molecule has 0 saturated heterocycles. The number of rotatable bonds is 8. The fraction of sp³-hybridized carbons (Fsp3) is 1.00. The smallest absolute Gasteiger partial charge is 0.178 e. The van der Waals surface area contributed by atoms with E-state index in [1.54, 1.807) is 0 Å². The second-order valence-electron chi connectivity index (χ2n) is 15.5. The van der Waals surface area contributed by atoms with Crippen LogP contribution in [-0.4, -0.2) is 32.8 Å². The topological polar surface area (TPSA) is 9.23 Å². The minimum atomic E-state index is -1.87. The van der Waals surface area contributed by atoms with E-state index in [0.717, 1.165) is 0 Å². The van der Waals surface area contributed by atoms with Crippen LogP contribution in [0.2, 0.25) is 84.6 Å². The van der Waals surface area contributed by atoms with Crippen molar-refractivity contribution in [1.29, 1.82) is 0 Å². The maximum Gasteiger partial charge on any atom is 0.178 e. The first kappa shape index (κ1) is 29.8. The van der Waals surface area contributed by atoms with E-state index < -0.39 is 32.8 Å². The first-order valence-corrected chi connectivity index (χ1v) is 24.1. The van der Waals surface area contributed by atoms with Gasteiger partial charge in [0.05, 0.1) is 16.1 Å². The zero-order chi connectivity index (χ0) is 24.1. The Labute approximate surface area is 190 Å². The van der Waals surface area contributed by atoms with Gasteiger partial charge in [0.2, 0.25) is 0 Å². The summed E-state index contributed by atoms with van der Waals surface area (Å²) in [6.07, 6.45) is 0. The predicted molar refractivity (Wildman–Crippen MR) is 148 cm³/mol. The van der Waals surface area contributed by atoms with Crippen LogP contribution in [-0.2, 0) is 4.12 Å². The van der Waals surface area contributed by atoms with E-state index in [9.17, 15) is 0 Å². The van der Waals surface area contributed by atoms with Crippen LogP contribution in [0.4, 0.5) is 0 Å². The molecule has 0 bridgehead atoms. The lowest BCUT2D eigenvalue weighted by atomic mass is 10.2. The van der Waals surface area contributed by atoms with Gasteiger partial charge >= 0.3 is 0 Å². The van der Waals surface area contributed by atoms with Crippen molar-refractivity contribution < 1.29 is 4.12 Å². The molecule has 0 aliphatic rings. The Bertz CT molecular complexity index is 508. The van der Waals surface area contributed by atoms with E-state index in [0.29, 0.717) is 20.2 Å². The monoisotopic (exact) mass is 474 g/mol. The van der Waals surface area contributed by atoms with Crippen LogP contribution in [0.15, 0.2) is 0 Å². The Morgan fingerprint density at radius 3 is 0.828 bits per heavy atom. The molecule has 0 unspecified atom stereocenters. The van der Waals surface area contributed by atoms with Gasteiger partial charge in [-0.2, -0.15) is 0 Å². The Morgan fingerprint density at radius 1 is 0.448 bits per heavy atom. The average molecular weight is 475 g/mol. The second-order valence-corrected chi connectivity index (χ2v) is 36.3. The van der Waals surface area contributed by atoms with Gasteiger partial charge < -0.3 is 4.12 Å². The SMILES string of the molecule is CC(C)(C)[Si](C)(C)CC(C)(C)[Si](C)(C)O[Si](C)(C)C(C)(C)C[Si](C)(C)C(C)(C)C. The third-order valence-electron chi connectivity index (χ3n) is 9.60. The predicted octanol–water partition coefficient (Wildman–Crippen LogP) is 9.99. The fourth-order valence-corrected chi connectivity index (χ4v) is 22.9. The highest BCUT2D eigenvalue weighted by molar-refractivity contribution is 6.91. The van der Waals surface area contributed by atoms with Crippen molar-refractivity contribution >= 4 is 32.8 Å². The van der Waals surface area contributed by atoms with Crippen LogP contribution in [0.3, 0.4) is 0 Å². The van der Waals surface area contributed by atoms with Gasteiger partial charge in [-0.3, -0.25) is 0 Å². The number of hydrogen-bond acceptors (Lipinski definition) is 1. The quantitative estimate of drug-likeness (QED) is 0.318. The summed E-state index contributed by atoms with van der Waals surface area (Å²) in [7, 11) is -6.46. The van der Waals surface area contributed by atoms with E-state index in [-0.39, 0.29) is 0 Å². The summed E-state index contributed by atoms with van der Waals surface area (Å²) in [5, 5.41) is 1.47. The molecule has 176 valence electrons. The summed E-state index contributed by atoms with van der Waals surface area (Å²) >= 11 is 0. The highest BCUT2D eigenvalue weighted by Gasteiger charge is 2.54. The van der Waals surface area contributed by atoms with Crippen molar-refractivity contribution in [2.45, 2.75) is 154 Å². The molecule has 0 atom stereocenters. The third-order valence-corrected chi connectivity index (χ3v) is 32.9. The molecule has 0 saturated carbocycles. The van der Waals surface area contributed by atoms with E-state index in [2.05, 4.69) is 122 Å². The molecule has 0 rings (SSSR count). The van der Waals surface area contributed by atoms with E-state index >= 15 is 0 Å². The Hall–Kier alpha value is 0.828. The van der Waals surface area contributed by atoms with Crippen molar-refractivity contribution in [3.05, 3.63) is 0 Å². The maximum absolute atomic E-state index is 7.39. The standard InChI is InChI=1S/C24H58OSi4/c1-21(2,3)26(11,12)19-23(7,8)28(15,16)25-29(17,18)24(9,10)20-27(13,14)22(4,5)6/h19-20H2,1-18H3. The second kappa shape index (κ2) is 8.31. The molecule has 0 aliphatic carbocycles. The molecule has 0 aromatic heterocycles. The Morgan fingerprint density at radius 2 is 0.655 bits per heavy atom. The van der Waals surface area contributed by atoms with Crippen molar-refractivity contribution in [3.8, 4) is 0 Å². The molecule has 29 heavy (non-hydrogen) atoms. The minimum absolute atomic E-state index is 0.299. The van der Waals surface area contributed by atoms with Crippen molar-refractivity contribution in [2.24, 2.45) is 0 Å². The zero-order valence-corrected chi connectivity index (χ0v) is 27.8. The van der Waals surface area contributed by atoms with Gasteiger partial charge in [0, 0.05) is 0 Å². The lowest BCUT2D eigenvalue weighted by Crippen LogP contribution is -2.58. The molecule has 0 aromatic carbocycles. The zero-order valence-electron chi connectivity index (χ0n) is 23.8. The van der Waals surface area contributed by atoms with Crippen LogP contribution in [0.25, 0.3) is 0 Å². The van der Waals surface area contributed by atoms with Gasteiger partial charge in [-0.25, -0.2) is 0 Å². The van der Waals surface area contributed by atoms with Gasteiger partial charge in [-0.15, -0.1) is 0 Å². The van der Waals surface area contributed by atoms with Gasteiger partial charge in [-0.1, -0.05) is 108 Å². The summed E-state index contributed by atoms with van der Waals surface area (Å²) < 4.78 is 7.39. The van der Waals surface area contributed by atoms with Gasteiger partial charge in [0.1, 0.15) is 0 Å². The van der Waals surface area contributed by atoms with Crippen LogP contribution in [0.1, 0.15) is 69.2 Å². The summed E-state index contributed by atoms with van der Waals surface area (Å²) in [5.74, 6) is 0. The molecule has 0 radical (unpaired) electrons. The van der Waals surface area contributed by atoms with Crippen molar-refractivity contribution in [1.82, 2.24) is 0 Å². The largest absolute Gasteiger partial charge is 0.455 e. The van der Waals surface area contributed by atoms with Gasteiger partial charge in [0.25, 0.3) is 0 Å². The molecule has 1 nitrogen and oxygen atoms in total. The van der Waals surface area contributed by atoms with Crippen molar-refractivity contribution in [2.75, 3.05) is 0 Å². The highest BCUT2D eigenvalue weighted by Crippen LogP contribution is 2.55. The summed E-state index contributed by atoms with van der Waals surface area (Å²) in [5.41, 5.74) is 0. The minimum Gasteiger partial charge on any atom is -0.455 e. The van der Waals surface area contributed by atoms with E-state index in [4.69, 9.17) is 4.12 Å². The van der Waals surface area contributed by atoms with Crippen molar-refractivity contribution in [3.63, 3.8) is 0 Å². The Balaban J connectivity index is 5.78. The van der Waals surface area contributed by atoms with Crippen LogP contribution in [0.5, 0.6) is 0 Å². The molecule has 0 heterocycles. The molecule has 0 N–H and O–H groups in total. The molecule has 0 aliphatic heterocycles. The highest BCUT2D eigenvalue weighted by atomic mass is 28.4. The van der Waals surface area contributed by atoms with Crippen LogP contribution < -0.4 is 0 Å². The molecule has 0 aromatic rings. The molecular formula is C24H58OSi4. The van der Waals surface area contributed by atoms with Crippen LogP contribution >= 0.6 is 0 Å². The normalized spacial score (nSPS) is 16.3. The van der Waals surface area contributed by atoms with Crippen LogP contribution in [0, 0.1) is 0 Å². The summed E-state index contributed by atoms with van der Waals surface area (Å²) in [6.45, 7) is 45.2. The Kier molecular flexibility index (Phi) is 8.55. The fourth-order valence-electron chi connectivity index (χ4n) is 4.08. The summed E-state index contributed by atoms with van der Waals surface area (Å²) in [6, 6.07) is 2.71. The van der Waals surface area contributed by atoms with Gasteiger partial charge in [0.15, 0.2) is 16.6 Å².